The lowest BCUT2D eigenvalue weighted by Gasteiger charge is -2.36. The van der Waals surface area contributed by atoms with Crippen LogP contribution in [0, 0.1) is 11.8 Å². The van der Waals surface area contributed by atoms with Gasteiger partial charge < -0.3 is 14.2 Å². The molecule has 29 heavy (non-hydrogen) atoms. The topological polar surface area (TPSA) is 78.1 Å². The van der Waals surface area contributed by atoms with E-state index in [1.807, 2.05) is 28.2 Å². The first-order valence-electron chi connectivity index (χ1n) is 9.87. The number of carbonyl (C=O) groups excluding carboxylic acids is 1. The Morgan fingerprint density at radius 2 is 2.10 bits per heavy atom. The summed E-state index contributed by atoms with van der Waals surface area (Å²) in [5.74, 6) is 0.955. The molecule has 3 aromatic heterocycles. The second kappa shape index (κ2) is 7.38. The van der Waals surface area contributed by atoms with Gasteiger partial charge in [-0.05, 0) is 36.1 Å². The van der Waals surface area contributed by atoms with E-state index in [0.717, 1.165) is 37.2 Å². The highest BCUT2D eigenvalue weighted by Crippen LogP contribution is 2.42. The van der Waals surface area contributed by atoms with Gasteiger partial charge in [0.05, 0.1) is 30.9 Å². The minimum atomic E-state index is 0.0606. The molecule has 3 aromatic rings. The van der Waals surface area contributed by atoms with Gasteiger partial charge in [-0.3, -0.25) is 4.79 Å². The number of likely N-dealkylation sites (tertiary alicyclic amines) is 1. The van der Waals surface area contributed by atoms with Gasteiger partial charge in [0.25, 0.3) is 5.91 Å². The van der Waals surface area contributed by atoms with Crippen molar-refractivity contribution in [2.45, 2.75) is 25.0 Å². The summed E-state index contributed by atoms with van der Waals surface area (Å²) in [6, 6.07) is 2.19. The number of aryl methyl sites for hydroxylation is 1. The van der Waals surface area contributed by atoms with E-state index in [1.165, 1.54) is 0 Å². The van der Waals surface area contributed by atoms with Crippen LogP contribution in [0.2, 0.25) is 0 Å². The van der Waals surface area contributed by atoms with Crippen molar-refractivity contribution in [2.75, 3.05) is 20.2 Å². The molecule has 2 aliphatic rings. The number of ether oxygens (including phenoxy) is 1. The number of hydrogen-bond donors (Lipinski definition) is 0. The minimum Gasteiger partial charge on any atom is -0.379 e. The molecule has 1 saturated heterocycles. The van der Waals surface area contributed by atoms with Crippen molar-refractivity contribution in [3.8, 4) is 11.3 Å². The summed E-state index contributed by atoms with van der Waals surface area (Å²) in [4.78, 5) is 19.0. The van der Waals surface area contributed by atoms with Crippen molar-refractivity contribution in [3.05, 3.63) is 41.2 Å². The Kier molecular flexibility index (Phi) is 4.71. The molecule has 0 N–H and O–H groups in total. The van der Waals surface area contributed by atoms with Gasteiger partial charge in [0.2, 0.25) is 0 Å². The number of thiophene rings is 1. The molecule has 1 aliphatic heterocycles. The molecule has 152 valence electrons. The Bertz CT molecular complexity index is 996. The van der Waals surface area contributed by atoms with Crippen molar-refractivity contribution < 1.29 is 9.53 Å². The van der Waals surface area contributed by atoms with Crippen molar-refractivity contribution in [1.29, 1.82) is 0 Å². The maximum absolute atomic E-state index is 12.9. The number of carbonyl (C=O) groups is 1. The molecular formula is C20H24N6O2S. The lowest BCUT2D eigenvalue weighted by Crippen LogP contribution is -2.37. The molecule has 0 bridgehead atoms. The smallest absolute Gasteiger partial charge is 0.272 e. The lowest BCUT2D eigenvalue weighted by atomic mass is 9.77. The van der Waals surface area contributed by atoms with E-state index in [-0.39, 0.29) is 18.1 Å². The molecule has 1 amide bonds. The predicted octanol–water partition coefficient (Wildman–Crippen LogP) is 2.48. The van der Waals surface area contributed by atoms with E-state index in [9.17, 15) is 4.79 Å². The van der Waals surface area contributed by atoms with Crippen LogP contribution >= 0.6 is 11.3 Å². The van der Waals surface area contributed by atoms with Crippen LogP contribution in [-0.4, -0.2) is 61.7 Å². The van der Waals surface area contributed by atoms with Gasteiger partial charge in [0.15, 0.2) is 0 Å². The SMILES string of the molecule is CO[C@@H]1C[C@H]2CN(C(=O)c3cncn3C)C[C@H]2C[C@H]1n1cc(-c2ccsc2)nn1. The number of hydrogen-bond acceptors (Lipinski definition) is 6. The Labute approximate surface area is 173 Å². The maximum Gasteiger partial charge on any atom is 0.272 e. The van der Waals surface area contributed by atoms with Crippen LogP contribution in [0.25, 0.3) is 11.3 Å². The highest BCUT2D eigenvalue weighted by molar-refractivity contribution is 7.08. The van der Waals surface area contributed by atoms with E-state index in [2.05, 4.69) is 26.7 Å². The summed E-state index contributed by atoms with van der Waals surface area (Å²) in [7, 11) is 3.62. The van der Waals surface area contributed by atoms with Gasteiger partial charge in [0.1, 0.15) is 11.4 Å². The summed E-state index contributed by atoms with van der Waals surface area (Å²) >= 11 is 1.65. The summed E-state index contributed by atoms with van der Waals surface area (Å²) in [5, 5.41) is 12.9. The molecule has 1 aliphatic carbocycles. The molecule has 2 fully saturated rings. The molecule has 4 heterocycles. The molecule has 4 atom stereocenters. The quantitative estimate of drug-likeness (QED) is 0.658. The third-order valence-corrected chi connectivity index (χ3v) is 7.06. The highest BCUT2D eigenvalue weighted by Gasteiger charge is 2.45. The lowest BCUT2D eigenvalue weighted by molar-refractivity contribution is -0.00545. The van der Waals surface area contributed by atoms with Crippen molar-refractivity contribution in [1.82, 2.24) is 29.4 Å². The number of methoxy groups -OCH3 is 1. The summed E-state index contributed by atoms with van der Waals surface area (Å²) in [5.41, 5.74) is 2.63. The molecule has 0 spiro atoms. The Hall–Kier alpha value is -2.52. The highest BCUT2D eigenvalue weighted by atomic mass is 32.1. The average molecular weight is 413 g/mol. The third-order valence-electron chi connectivity index (χ3n) is 6.38. The van der Waals surface area contributed by atoms with Crippen molar-refractivity contribution >= 4 is 17.2 Å². The van der Waals surface area contributed by atoms with Crippen LogP contribution in [0.15, 0.2) is 35.5 Å². The van der Waals surface area contributed by atoms with Crippen LogP contribution in [0.1, 0.15) is 29.4 Å². The molecule has 9 heteroatoms. The number of aromatic nitrogens is 5. The van der Waals surface area contributed by atoms with Gasteiger partial charge in [-0.25, -0.2) is 9.67 Å². The Morgan fingerprint density at radius 3 is 2.79 bits per heavy atom. The van der Waals surface area contributed by atoms with Crippen LogP contribution in [-0.2, 0) is 11.8 Å². The standard InChI is InChI=1S/C20H24N6O2S/c1-24-12-21-7-18(24)20(27)25-8-14-5-17(19(28-2)6-15(14)9-25)26-10-16(22-23-26)13-3-4-29-11-13/h3-4,7,10-12,14-15,17,19H,5-6,8-9H2,1-2H3/t14-,15+,17-,19-/m1/s1. The van der Waals surface area contributed by atoms with E-state index < -0.39 is 0 Å². The fraction of sp³-hybridized carbons (Fsp3) is 0.500. The summed E-state index contributed by atoms with van der Waals surface area (Å²) < 4.78 is 9.59. The van der Waals surface area contributed by atoms with E-state index >= 15 is 0 Å². The second-order valence-electron chi connectivity index (χ2n) is 8.03. The first-order chi connectivity index (χ1) is 14.1. The van der Waals surface area contributed by atoms with Crippen LogP contribution in [0.4, 0.5) is 0 Å². The second-order valence-corrected chi connectivity index (χ2v) is 8.81. The Balaban J connectivity index is 1.34. The molecule has 0 unspecified atom stereocenters. The van der Waals surface area contributed by atoms with Crippen LogP contribution in [0.3, 0.4) is 0 Å². The fourth-order valence-electron chi connectivity index (χ4n) is 4.79. The van der Waals surface area contributed by atoms with E-state index in [0.29, 0.717) is 17.5 Å². The van der Waals surface area contributed by atoms with Gasteiger partial charge in [0, 0.05) is 38.2 Å². The molecule has 0 aromatic carbocycles. The zero-order valence-electron chi connectivity index (χ0n) is 16.5. The molecular weight excluding hydrogens is 388 g/mol. The van der Waals surface area contributed by atoms with Crippen LogP contribution in [0.5, 0.6) is 0 Å². The normalized spacial score (nSPS) is 26.6. The van der Waals surface area contributed by atoms with Gasteiger partial charge >= 0.3 is 0 Å². The monoisotopic (exact) mass is 412 g/mol. The van der Waals surface area contributed by atoms with E-state index in [4.69, 9.17) is 4.74 Å². The van der Waals surface area contributed by atoms with Crippen LogP contribution < -0.4 is 0 Å². The Morgan fingerprint density at radius 1 is 1.28 bits per heavy atom. The third kappa shape index (κ3) is 3.28. The predicted molar refractivity (Wildman–Crippen MR) is 108 cm³/mol. The van der Waals surface area contributed by atoms with Gasteiger partial charge in [-0.1, -0.05) is 5.21 Å². The number of fused-ring (bicyclic) bond motifs is 1. The van der Waals surface area contributed by atoms with E-state index in [1.54, 1.807) is 35.5 Å². The number of amides is 1. The fourth-order valence-corrected chi connectivity index (χ4v) is 5.44. The van der Waals surface area contributed by atoms with Crippen molar-refractivity contribution in [2.24, 2.45) is 18.9 Å². The van der Waals surface area contributed by atoms with Gasteiger partial charge in [-0.2, -0.15) is 11.3 Å². The number of imidazole rings is 1. The van der Waals surface area contributed by atoms with Gasteiger partial charge in [-0.15, -0.1) is 5.10 Å². The zero-order chi connectivity index (χ0) is 20.0. The zero-order valence-corrected chi connectivity index (χ0v) is 17.3. The first-order valence-corrected chi connectivity index (χ1v) is 10.8. The largest absolute Gasteiger partial charge is 0.379 e. The molecule has 8 nitrogen and oxygen atoms in total. The summed E-state index contributed by atoms with van der Waals surface area (Å²) in [6.07, 6.45) is 7.27. The molecule has 0 radical (unpaired) electrons. The molecule has 1 saturated carbocycles. The first kappa shape index (κ1) is 18.5. The van der Waals surface area contributed by atoms with Crippen molar-refractivity contribution in [3.63, 3.8) is 0 Å². The average Bonchev–Trinajstić information content (AvgIpc) is 3.52. The minimum absolute atomic E-state index is 0.0606. The number of nitrogens with zero attached hydrogens (tertiary/aromatic N) is 6. The molecule has 5 rings (SSSR count). The number of rotatable bonds is 4. The maximum atomic E-state index is 12.9. The summed E-state index contributed by atoms with van der Waals surface area (Å²) in [6.45, 7) is 1.55.